The lowest BCUT2D eigenvalue weighted by Crippen LogP contribution is -2.41. The zero-order valence-electron chi connectivity index (χ0n) is 16.4. The molecule has 0 aliphatic rings. The highest BCUT2D eigenvalue weighted by molar-refractivity contribution is 7.89. The Morgan fingerprint density at radius 2 is 1.68 bits per heavy atom. The van der Waals surface area contributed by atoms with E-state index in [1.54, 1.807) is 13.8 Å². The molecule has 2 aromatic rings. The molecule has 8 heteroatoms. The molecule has 4 N–H and O–H groups in total. The van der Waals surface area contributed by atoms with Crippen LogP contribution in [0, 0.1) is 20.8 Å². The quantitative estimate of drug-likeness (QED) is 0.661. The normalized spacial score (nSPS) is 12.3. The Kier molecular flexibility index (Phi) is 6.58. The van der Waals surface area contributed by atoms with Crippen molar-refractivity contribution in [3.63, 3.8) is 0 Å². The smallest absolute Gasteiger partial charge is 0.313 e. The summed E-state index contributed by atoms with van der Waals surface area (Å²) in [6.45, 7) is 7.22. The maximum atomic E-state index is 12.3. The second kappa shape index (κ2) is 8.53. The minimum Gasteiger partial charge on any atom is -0.345 e. The van der Waals surface area contributed by atoms with Gasteiger partial charge in [-0.25, -0.2) is 13.6 Å². The molecule has 0 aliphatic carbocycles. The average molecular weight is 404 g/mol. The molecule has 7 nitrogen and oxygen atoms in total. The zero-order chi connectivity index (χ0) is 21.1. The fraction of sp³-hybridized carbons (Fsp3) is 0.300. The van der Waals surface area contributed by atoms with Crippen LogP contribution >= 0.6 is 0 Å². The van der Waals surface area contributed by atoms with Gasteiger partial charge >= 0.3 is 11.8 Å². The van der Waals surface area contributed by atoms with Crippen molar-refractivity contribution in [2.75, 3.05) is 5.32 Å². The fourth-order valence-corrected chi connectivity index (χ4v) is 3.43. The Labute approximate surface area is 165 Å². The summed E-state index contributed by atoms with van der Waals surface area (Å²) in [5.74, 6) is -1.66. The Bertz CT molecular complexity index is 1020. The highest BCUT2D eigenvalue weighted by Crippen LogP contribution is 2.23. The summed E-state index contributed by atoms with van der Waals surface area (Å²) < 4.78 is 23.2. The molecule has 0 radical (unpaired) electrons. The van der Waals surface area contributed by atoms with Gasteiger partial charge in [0.15, 0.2) is 0 Å². The van der Waals surface area contributed by atoms with Crippen LogP contribution in [0.25, 0.3) is 0 Å². The van der Waals surface area contributed by atoms with Crippen molar-refractivity contribution in [1.82, 2.24) is 5.32 Å². The van der Waals surface area contributed by atoms with Gasteiger partial charge in [0, 0.05) is 11.7 Å². The number of amides is 2. The Morgan fingerprint density at radius 1 is 1.04 bits per heavy atom. The molecule has 0 fully saturated rings. The zero-order valence-corrected chi connectivity index (χ0v) is 17.2. The van der Waals surface area contributed by atoms with Gasteiger partial charge in [0.1, 0.15) is 0 Å². The molecule has 0 saturated carbocycles. The van der Waals surface area contributed by atoms with E-state index < -0.39 is 21.8 Å². The van der Waals surface area contributed by atoms with E-state index in [-0.39, 0.29) is 16.6 Å². The minimum atomic E-state index is -3.93. The molecule has 0 aliphatic heterocycles. The summed E-state index contributed by atoms with van der Waals surface area (Å²) in [6, 6.07) is 10.2. The standard InChI is InChI=1S/C20H25N3O4S/c1-12-7-5-6-8-16(12)10-14(3)22-19(24)20(25)23-18-11-17(28(21,26)27)9-13(2)15(18)4/h5-9,11,14H,10H2,1-4H3,(H,22,24)(H,23,25)(H2,21,26,27). The highest BCUT2D eigenvalue weighted by Gasteiger charge is 2.20. The predicted octanol–water partition coefficient (Wildman–Crippen LogP) is 1.95. The van der Waals surface area contributed by atoms with Gasteiger partial charge in [0.05, 0.1) is 4.90 Å². The van der Waals surface area contributed by atoms with E-state index in [4.69, 9.17) is 5.14 Å². The predicted molar refractivity (Wildman–Crippen MR) is 108 cm³/mol. The van der Waals surface area contributed by atoms with Crippen molar-refractivity contribution in [2.24, 2.45) is 5.14 Å². The number of carbonyl (C=O) groups excluding carboxylic acids is 2. The van der Waals surface area contributed by atoms with E-state index in [0.29, 0.717) is 17.5 Å². The van der Waals surface area contributed by atoms with E-state index in [1.807, 2.05) is 38.1 Å². The van der Waals surface area contributed by atoms with Crippen molar-refractivity contribution in [2.45, 2.75) is 45.1 Å². The molecule has 1 unspecified atom stereocenters. The average Bonchev–Trinajstić information content (AvgIpc) is 2.59. The van der Waals surface area contributed by atoms with Gasteiger partial charge in [0.2, 0.25) is 10.0 Å². The molecule has 0 saturated heterocycles. The second-order valence-electron chi connectivity index (χ2n) is 6.92. The topological polar surface area (TPSA) is 118 Å². The number of primary sulfonamides is 1. The van der Waals surface area contributed by atoms with E-state index in [9.17, 15) is 18.0 Å². The Morgan fingerprint density at radius 3 is 2.29 bits per heavy atom. The van der Waals surface area contributed by atoms with Crippen LogP contribution in [0.15, 0.2) is 41.3 Å². The van der Waals surface area contributed by atoms with Crippen LogP contribution in [0.2, 0.25) is 0 Å². The van der Waals surface area contributed by atoms with Gasteiger partial charge in [-0.3, -0.25) is 9.59 Å². The molecule has 2 aromatic carbocycles. The second-order valence-corrected chi connectivity index (χ2v) is 8.48. The largest absolute Gasteiger partial charge is 0.345 e. The SMILES string of the molecule is Cc1ccccc1CC(C)NC(=O)C(=O)Nc1cc(S(N)(=O)=O)cc(C)c1C. The fourth-order valence-electron chi connectivity index (χ4n) is 2.81. The van der Waals surface area contributed by atoms with Gasteiger partial charge in [-0.15, -0.1) is 0 Å². The summed E-state index contributed by atoms with van der Waals surface area (Å²) >= 11 is 0. The third kappa shape index (κ3) is 5.40. The number of nitrogens with one attached hydrogen (secondary N) is 2. The summed E-state index contributed by atoms with van der Waals surface area (Å²) in [5.41, 5.74) is 3.72. The summed E-state index contributed by atoms with van der Waals surface area (Å²) in [4.78, 5) is 24.4. The number of hydrogen-bond donors (Lipinski definition) is 3. The lowest BCUT2D eigenvalue weighted by atomic mass is 10.0. The van der Waals surface area contributed by atoms with Crippen molar-refractivity contribution in [3.05, 3.63) is 58.7 Å². The molecule has 2 rings (SSSR count). The number of sulfonamides is 1. The molecular weight excluding hydrogens is 378 g/mol. The minimum absolute atomic E-state index is 0.126. The summed E-state index contributed by atoms with van der Waals surface area (Å²) in [6.07, 6.45) is 0.588. The molecule has 0 bridgehead atoms. The van der Waals surface area contributed by atoms with E-state index in [2.05, 4.69) is 10.6 Å². The number of carbonyl (C=O) groups is 2. The van der Waals surface area contributed by atoms with Crippen molar-refractivity contribution < 1.29 is 18.0 Å². The van der Waals surface area contributed by atoms with Crippen LogP contribution in [0.1, 0.15) is 29.2 Å². The lowest BCUT2D eigenvalue weighted by Gasteiger charge is -2.16. The van der Waals surface area contributed by atoms with Gasteiger partial charge in [-0.05, 0) is 68.5 Å². The van der Waals surface area contributed by atoms with Crippen molar-refractivity contribution >= 4 is 27.5 Å². The molecule has 0 heterocycles. The first-order chi connectivity index (χ1) is 13.0. The molecule has 28 heavy (non-hydrogen) atoms. The highest BCUT2D eigenvalue weighted by atomic mass is 32.2. The maximum Gasteiger partial charge on any atom is 0.313 e. The van der Waals surface area contributed by atoms with E-state index >= 15 is 0 Å². The van der Waals surface area contributed by atoms with Crippen LogP contribution in [0.3, 0.4) is 0 Å². The van der Waals surface area contributed by atoms with Crippen LogP contribution in [-0.4, -0.2) is 26.3 Å². The van der Waals surface area contributed by atoms with Crippen LogP contribution < -0.4 is 15.8 Å². The van der Waals surface area contributed by atoms with Crippen LogP contribution in [0.5, 0.6) is 0 Å². The molecule has 0 spiro atoms. The number of aryl methyl sites for hydroxylation is 2. The van der Waals surface area contributed by atoms with Crippen molar-refractivity contribution in [3.8, 4) is 0 Å². The first-order valence-corrected chi connectivity index (χ1v) is 10.3. The van der Waals surface area contributed by atoms with Crippen LogP contribution in [-0.2, 0) is 26.0 Å². The molecule has 2 amide bonds. The molecular formula is C20H25N3O4S. The number of hydrogen-bond acceptors (Lipinski definition) is 4. The van der Waals surface area contributed by atoms with E-state index in [1.165, 1.54) is 12.1 Å². The third-order valence-electron chi connectivity index (χ3n) is 4.59. The number of rotatable bonds is 5. The summed E-state index contributed by atoms with van der Waals surface area (Å²) in [5, 5.41) is 10.3. The maximum absolute atomic E-state index is 12.3. The first-order valence-electron chi connectivity index (χ1n) is 8.79. The van der Waals surface area contributed by atoms with E-state index in [0.717, 1.165) is 11.1 Å². The monoisotopic (exact) mass is 403 g/mol. The molecule has 150 valence electrons. The van der Waals surface area contributed by atoms with Crippen molar-refractivity contribution in [1.29, 1.82) is 0 Å². The van der Waals surface area contributed by atoms with Gasteiger partial charge in [-0.1, -0.05) is 24.3 Å². The van der Waals surface area contributed by atoms with Gasteiger partial charge in [-0.2, -0.15) is 0 Å². The van der Waals surface area contributed by atoms with Gasteiger partial charge in [0.25, 0.3) is 0 Å². The number of anilines is 1. The Hall–Kier alpha value is -2.71. The third-order valence-corrected chi connectivity index (χ3v) is 5.48. The Balaban J connectivity index is 2.09. The number of benzene rings is 2. The first kappa shape index (κ1) is 21.6. The molecule has 1 atom stereocenters. The number of nitrogens with two attached hydrogens (primary N) is 1. The van der Waals surface area contributed by atoms with Crippen LogP contribution in [0.4, 0.5) is 5.69 Å². The lowest BCUT2D eigenvalue weighted by molar-refractivity contribution is -0.136. The molecule has 0 aromatic heterocycles. The van der Waals surface area contributed by atoms with Gasteiger partial charge < -0.3 is 10.6 Å². The summed E-state index contributed by atoms with van der Waals surface area (Å²) in [7, 11) is -3.93.